The number of nitrogens with zero attached hydrogens (tertiary/aromatic N) is 6. The third kappa shape index (κ3) is 3.00. The van der Waals surface area contributed by atoms with Gasteiger partial charge in [-0.1, -0.05) is 5.21 Å². The maximum atomic E-state index is 12.5. The van der Waals surface area contributed by atoms with Crippen LogP contribution in [-0.2, 0) is 24.4 Å². The quantitative estimate of drug-likeness (QED) is 0.854. The molecule has 122 valence electrons. The molecule has 3 heterocycles. The number of imidazole rings is 1. The Balaban J connectivity index is 1.54. The largest absolute Gasteiger partial charge is 0.337 e. The molecule has 2 aromatic heterocycles. The van der Waals surface area contributed by atoms with Gasteiger partial charge in [0, 0.05) is 19.5 Å². The van der Waals surface area contributed by atoms with Crippen molar-refractivity contribution in [3.8, 4) is 0 Å². The molecule has 1 aliphatic carbocycles. The van der Waals surface area contributed by atoms with E-state index in [9.17, 15) is 4.79 Å². The maximum Gasteiger partial charge on any atom is 0.223 e. The first-order valence-electron chi connectivity index (χ1n) is 8.36. The molecule has 2 aliphatic rings. The van der Waals surface area contributed by atoms with Crippen LogP contribution < -0.4 is 0 Å². The molecule has 1 saturated carbocycles. The van der Waals surface area contributed by atoms with E-state index in [1.807, 2.05) is 22.8 Å². The Hall–Kier alpha value is -2.18. The van der Waals surface area contributed by atoms with Gasteiger partial charge in [-0.2, -0.15) is 0 Å². The van der Waals surface area contributed by atoms with Gasteiger partial charge in [0.15, 0.2) is 0 Å². The van der Waals surface area contributed by atoms with Crippen molar-refractivity contribution in [1.29, 1.82) is 0 Å². The molecule has 4 rings (SSSR count). The van der Waals surface area contributed by atoms with Crippen molar-refractivity contribution in [1.82, 2.24) is 29.4 Å². The Morgan fingerprint density at radius 2 is 2.22 bits per heavy atom. The number of carbonyl (C=O) groups is 1. The molecule has 1 amide bonds. The van der Waals surface area contributed by atoms with Gasteiger partial charge in [0.25, 0.3) is 0 Å². The smallest absolute Gasteiger partial charge is 0.223 e. The number of hydrogen-bond donors (Lipinski definition) is 0. The van der Waals surface area contributed by atoms with Crippen molar-refractivity contribution in [2.75, 3.05) is 6.54 Å². The van der Waals surface area contributed by atoms with Gasteiger partial charge in [0.1, 0.15) is 0 Å². The standard InChI is InChI=1S/C16H22N6O/c1-12-8-18-19-22(12)9-14-15-10-20(16(23)7-13-3-4-13)5-2-6-21(15)11-17-14/h8,11,13H,2-7,9-10H2,1H3. The summed E-state index contributed by atoms with van der Waals surface area (Å²) in [5.41, 5.74) is 3.15. The lowest BCUT2D eigenvalue weighted by Gasteiger charge is -2.20. The summed E-state index contributed by atoms with van der Waals surface area (Å²) < 4.78 is 4.04. The fraction of sp³-hybridized carbons (Fsp3) is 0.625. The van der Waals surface area contributed by atoms with Crippen LogP contribution in [0, 0.1) is 12.8 Å². The van der Waals surface area contributed by atoms with E-state index in [1.165, 1.54) is 12.8 Å². The van der Waals surface area contributed by atoms with Gasteiger partial charge in [0.05, 0.1) is 42.7 Å². The average Bonchev–Trinajstić information content (AvgIpc) is 3.21. The second-order valence-electron chi connectivity index (χ2n) is 6.68. The summed E-state index contributed by atoms with van der Waals surface area (Å²) in [6.45, 7) is 5.02. The highest BCUT2D eigenvalue weighted by molar-refractivity contribution is 5.76. The Kier molecular flexibility index (Phi) is 3.63. The van der Waals surface area contributed by atoms with E-state index >= 15 is 0 Å². The topological polar surface area (TPSA) is 68.8 Å². The lowest BCUT2D eigenvalue weighted by molar-refractivity contribution is -0.132. The molecule has 7 nitrogen and oxygen atoms in total. The van der Waals surface area contributed by atoms with E-state index in [4.69, 9.17) is 0 Å². The van der Waals surface area contributed by atoms with Crippen LogP contribution in [0.15, 0.2) is 12.5 Å². The number of fused-ring (bicyclic) bond motifs is 1. The highest BCUT2D eigenvalue weighted by atomic mass is 16.2. The van der Waals surface area contributed by atoms with Crippen LogP contribution in [0.3, 0.4) is 0 Å². The van der Waals surface area contributed by atoms with Crippen LogP contribution in [0.1, 0.15) is 42.8 Å². The number of rotatable bonds is 4. The molecular formula is C16H22N6O. The molecule has 0 radical (unpaired) electrons. The van der Waals surface area contributed by atoms with Crippen LogP contribution in [0.2, 0.25) is 0 Å². The number of hydrogen-bond acceptors (Lipinski definition) is 4. The molecule has 0 aromatic carbocycles. The number of carbonyl (C=O) groups excluding carboxylic acids is 1. The Morgan fingerprint density at radius 3 is 2.96 bits per heavy atom. The minimum atomic E-state index is 0.296. The van der Waals surface area contributed by atoms with Crippen molar-refractivity contribution in [2.24, 2.45) is 5.92 Å². The third-order valence-electron chi connectivity index (χ3n) is 4.82. The third-order valence-corrected chi connectivity index (χ3v) is 4.82. The number of aryl methyl sites for hydroxylation is 2. The van der Waals surface area contributed by atoms with E-state index in [0.717, 1.165) is 36.6 Å². The molecule has 0 saturated heterocycles. The summed E-state index contributed by atoms with van der Waals surface area (Å²) in [7, 11) is 0. The van der Waals surface area contributed by atoms with Gasteiger partial charge < -0.3 is 9.47 Å². The van der Waals surface area contributed by atoms with Gasteiger partial charge in [-0.25, -0.2) is 9.67 Å². The van der Waals surface area contributed by atoms with Crippen LogP contribution in [0.25, 0.3) is 0 Å². The van der Waals surface area contributed by atoms with Gasteiger partial charge in [0.2, 0.25) is 5.91 Å². The Labute approximate surface area is 135 Å². The first-order chi connectivity index (χ1) is 11.2. The van der Waals surface area contributed by atoms with Gasteiger partial charge >= 0.3 is 0 Å². The molecule has 0 spiro atoms. The maximum absolute atomic E-state index is 12.5. The molecule has 0 bridgehead atoms. The second-order valence-corrected chi connectivity index (χ2v) is 6.68. The van der Waals surface area contributed by atoms with Crippen molar-refractivity contribution < 1.29 is 4.79 Å². The molecule has 7 heteroatoms. The number of amides is 1. The molecule has 0 atom stereocenters. The highest BCUT2D eigenvalue weighted by Crippen LogP contribution is 2.33. The molecule has 0 unspecified atom stereocenters. The van der Waals surface area contributed by atoms with Gasteiger partial charge in [-0.05, 0) is 32.1 Å². The zero-order valence-electron chi connectivity index (χ0n) is 13.5. The summed E-state index contributed by atoms with van der Waals surface area (Å²) in [4.78, 5) is 19.1. The summed E-state index contributed by atoms with van der Waals surface area (Å²) in [6, 6.07) is 0. The van der Waals surface area contributed by atoms with E-state index < -0.39 is 0 Å². The molecule has 1 fully saturated rings. The first kappa shape index (κ1) is 14.4. The highest BCUT2D eigenvalue weighted by Gasteiger charge is 2.29. The first-order valence-corrected chi connectivity index (χ1v) is 8.36. The zero-order valence-corrected chi connectivity index (χ0v) is 13.5. The lowest BCUT2D eigenvalue weighted by Crippen LogP contribution is -2.31. The van der Waals surface area contributed by atoms with E-state index in [0.29, 0.717) is 31.3 Å². The van der Waals surface area contributed by atoms with Crippen molar-refractivity contribution in [3.05, 3.63) is 29.6 Å². The normalized spacial score (nSPS) is 17.9. The minimum absolute atomic E-state index is 0.296. The predicted octanol–water partition coefficient (Wildman–Crippen LogP) is 1.36. The fourth-order valence-electron chi connectivity index (χ4n) is 3.17. The Bertz CT molecular complexity index is 714. The van der Waals surface area contributed by atoms with Crippen LogP contribution in [0.5, 0.6) is 0 Å². The molecule has 0 N–H and O–H groups in total. The lowest BCUT2D eigenvalue weighted by atomic mass is 10.2. The summed E-state index contributed by atoms with van der Waals surface area (Å²) in [5.74, 6) is 0.929. The van der Waals surface area contributed by atoms with Crippen LogP contribution in [0.4, 0.5) is 0 Å². The van der Waals surface area contributed by atoms with Crippen LogP contribution >= 0.6 is 0 Å². The average molecular weight is 314 g/mol. The SMILES string of the molecule is Cc1cnnn1Cc1ncn2c1CN(C(=O)CC1CC1)CCC2. The van der Waals surface area contributed by atoms with Crippen LogP contribution in [-0.4, -0.2) is 41.9 Å². The van der Waals surface area contributed by atoms with E-state index in [1.54, 1.807) is 6.20 Å². The summed E-state index contributed by atoms with van der Waals surface area (Å²) >= 11 is 0. The van der Waals surface area contributed by atoms with E-state index in [-0.39, 0.29) is 0 Å². The van der Waals surface area contributed by atoms with Gasteiger partial charge in [-0.3, -0.25) is 4.79 Å². The Morgan fingerprint density at radius 1 is 1.35 bits per heavy atom. The predicted molar refractivity (Wildman–Crippen MR) is 83.5 cm³/mol. The molecular weight excluding hydrogens is 292 g/mol. The second kappa shape index (κ2) is 5.79. The number of aromatic nitrogens is 5. The summed E-state index contributed by atoms with van der Waals surface area (Å²) in [6.07, 6.45) is 7.78. The molecule has 1 aliphatic heterocycles. The molecule has 23 heavy (non-hydrogen) atoms. The van der Waals surface area contributed by atoms with Crippen molar-refractivity contribution in [2.45, 2.75) is 52.2 Å². The molecule has 2 aromatic rings. The fourth-order valence-corrected chi connectivity index (χ4v) is 3.17. The van der Waals surface area contributed by atoms with Crippen molar-refractivity contribution in [3.63, 3.8) is 0 Å². The van der Waals surface area contributed by atoms with Crippen molar-refractivity contribution >= 4 is 5.91 Å². The monoisotopic (exact) mass is 314 g/mol. The van der Waals surface area contributed by atoms with Gasteiger partial charge in [-0.15, -0.1) is 5.10 Å². The summed E-state index contributed by atoms with van der Waals surface area (Å²) in [5, 5.41) is 8.03. The van der Waals surface area contributed by atoms with E-state index in [2.05, 4.69) is 19.9 Å². The minimum Gasteiger partial charge on any atom is -0.337 e. The zero-order chi connectivity index (χ0) is 15.8.